The van der Waals surface area contributed by atoms with Crippen molar-refractivity contribution >= 4 is 10.0 Å². The lowest BCUT2D eigenvalue weighted by Gasteiger charge is -2.23. The van der Waals surface area contributed by atoms with Crippen LogP contribution in [0.5, 0.6) is 0 Å². The van der Waals surface area contributed by atoms with Gasteiger partial charge < -0.3 is 4.98 Å². The molecule has 1 aliphatic heterocycles. The van der Waals surface area contributed by atoms with E-state index < -0.39 is 10.0 Å². The van der Waals surface area contributed by atoms with Gasteiger partial charge in [-0.05, 0) is 37.0 Å². The van der Waals surface area contributed by atoms with Gasteiger partial charge in [-0.1, -0.05) is 30.3 Å². The van der Waals surface area contributed by atoms with Crippen molar-refractivity contribution in [2.45, 2.75) is 25.3 Å². The van der Waals surface area contributed by atoms with E-state index in [0.29, 0.717) is 13.0 Å². The molecule has 1 fully saturated rings. The normalized spacial score (nSPS) is 19.9. The number of sulfonamides is 1. The van der Waals surface area contributed by atoms with E-state index in [0.717, 1.165) is 24.1 Å². The van der Waals surface area contributed by atoms with Gasteiger partial charge in [0.25, 0.3) is 0 Å². The summed E-state index contributed by atoms with van der Waals surface area (Å²) < 4.78 is 26.9. The second-order valence-electron chi connectivity index (χ2n) is 5.45. The Hall–Kier alpha value is -1.59. The van der Waals surface area contributed by atoms with Gasteiger partial charge in [0.05, 0.1) is 11.8 Å². The molecule has 21 heavy (non-hydrogen) atoms. The quantitative estimate of drug-likeness (QED) is 0.923. The van der Waals surface area contributed by atoms with Gasteiger partial charge in [0, 0.05) is 18.4 Å². The fraction of sp³-hybridized carbons (Fsp3) is 0.375. The Kier molecular flexibility index (Phi) is 4.12. The van der Waals surface area contributed by atoms with Crippen LogP contribution in [0.1, 0.15) is 30.1 Å². The SMILES string of the molecule is O=S(=O)(CCc1ccccc1)N1CCC[C@H]1c1ccc[nH]1. The first-order valence-corrected chi connectivity index (χ1v) is 8.94. The third-order valence-corrected chi connectivity index (χ3v) is 5.91. The standard InChI is InChI=1S/C16H20N2O2S/c19-21(20,13-10-14-6-2-1-3-7-14)18-12-5-9-16(18)15-8-4-11-17-15/h1-4,6-8,11,16-17H,5,9-10,12-13H2/t16-/m0/s1. The van der Waals surface area contributed by atoms with Crippen molar-refractivity contribution in [2.24, 2.45) is 0 Å². The van der Waals surface area contributed by atoms with E-state index in [1.807, 2.05) is 48.7 Å². The van der Waals surface area contributed by atoms with Crippen LogP contribution < -0.4 is 0 Å². The van der Waals surface area contributed by atoms with E-state index in [2.05, 4.69) is 4.98 Å². The van der Waals surface area contributed by atoms with Gasteiger partial charge in [-0.3, -0.25) is 0 Å². The Morgan fingerprint density at radius 2 is 1.95 bits per heavy atom. The predicted octanol–water partition coefficient (Wildman–Crippen LogP) is 2.72. The molecule has 0 radical (unpaired) electrons. The molecule has 0 aliphatic carbocycles. The highest BCUT2D eigenvalue weighted by Gasteiger charge is 2.35. The second-order valence-corrected chi connectivity index (χ2v) is 7.49. The third kappa shape index (κ3) is 3.19. The molecule has 0 saturated carbocycles. The van der Waals surface area contributed by atoms with E-state index >= 15 is 0 Å². The van der Waals surface area contributed by atoms with E-state index in [4.69, 9.17) is 0 Å². The molecule has 0 amide bonds. The maximum atomic E-state index is 12.6. The predicted molar refractivity (Wildman–Crippen MR) is 83.4 cm³/mol. The molecule has 1 aromatic heterocycles. The van der Waals surface area contributed by atoms with E-state index in [9.17, 15) is 8.42 Å². The van der Waals surface area contributed by atoms with Crippen LogP contribution in [0.3, 0.4) is 0 Å². The van der Waals surface area contributed by atoms with Crippen molar-refractivity contribution in [3.63, 3.8) is 0 Å². The van der Waals surface area contributed by atoms with Crippen molar-refractivity contribution in [1.29, 1.82) is 0 Å². The van der Waals surface area contributed by atoms with Crippen LogP contribution in [0.15, 0.2) is 48.7 Å². The van der Waals surface area contributed by atoms with Crippen LogP contribution in [0, 0.1) is 0 Å². The minimum atomic E-state index is -3.22. The molecule has 0 spiro atoms. The summed E-state index contributed by atoms with van der Waals surface area (Å²) in [5.41, 5.74) is 2.06. The van der Waals surface area contributed by atoms with Crippen LogP contribution in [-0.2, 0) is 16.4 Å². The Morgan fingerprint density at radius 3 is 2.67 bits per heavy atom. The lowest BCUT2D eigenvalue weighted by atomic mass is 10.2. The molecule has 0 bridgehead atoms. The largest absolute Gasteiger partial charge is 0.364 e. The van der Waals surface area contributed by atoms with Gasteiger partial charge in [-0.15, -0.1) is 0 Å². The molecule has 0 unspecified atom stereocenters. The number of nitrogens with zero attached hydrogens (tertiary/aromatic N) is 1. The summed E-state index contributed by atoms with van der Waals surface area (Å²) in [7, 11) is -3.22. The molecule has 1 N–H and O–H groups in total. The molecule has 1 saturated heterocycles. The summed E-state index contributed by atoms with van der Waals surface area (Å²) in [6, 6.07) is 13.6. The Bertz CT molecular complexity index is 666. The summed E-state index contributed by atoms with van der Waals surface area (Å²) in [6.07, 6.45) is 4.23. The lowest BCUT2D eigenvalue weighted by molar-refractivity contribution is 0.391. The number of nitrogens with one attached hydrogen (secondary N) is 1. The van der Waals surface area contributed by atoms with Crippen molar-refractivity contribution in [3.8, 4) is 0 Å². The molecule has 1 aromatic carbocycles. The summed E-state index contributed by atoms with van der Waals surface area (Å²) in [6.45, 7) is 0.626. The average Bonchev–Trinajstić information content (AvgIpc) is 3.16. The summed E-state index contributed by atoms with van der Waals surface area (Å²) in [5.74, 6) is 0.175. The van der Waals surface area contributed by atoms with Crippen LogP contribution in [0.25, 0.3) is 0 Å². The fourth-order valence-electron chi connectivity index (χ4n) is 2.94. The van der Waals surface area contributed by atoms with Gasteiger partial charge in [0.1, 0.15) is 0 Å². The summed E-state index contributed by atoms with van der Waals surface area (Å²) in [5, 5.41) is 0. The molecular weight excluding hydrogens is 284 g/mol. The number of aromatic amines is 1. The molecule has 2 heterocycles. The minimum Gasteiger partial charge on any atom is -0.364 e. The molecule has 3 rings (SSSR count). The van der Waals surface area contributed by atoms with Crippen LogP contribution in [0.4, 0.5) is 0 Å². The first-order chi connectivity index (χ1) is 10.2. The monoisotopic (exact) mass is 304 g/mol. The van der Waals surface area contributed by atoms with E-state index in [1.54, 1.807) is 4.31 Å². The number of benzene rings is 1. The highest BCUT2D eigenvalue weighted by molar-refractivity contribution is 7.89. The Morgan fingerprint density at radius 1 is 1.14 bits per heavy atom. The first kappa shape index (κ1) is 14.4. The molecular formula is C16H20N2O2S. The maximum absolute atomic E-state index is 12.6. The maximum Gasteiger partial charge on any atom is 0.215 e. The molecule has 112 valence electrons. The zero-order valence-corrected chi connectivity index (χ0v) is 12.7. The number of aromatic nitrogens is 1. The van der Waals surface area contributed by atoms with E-state index in [1.165, 1.54) is 0 Å². The van der Waals surface area contributed by atoms with Crippen LogP contribution >= 0.6 is 0 Å². The van der Waals surface area contributed by atoms with Gasteiger partial charge >= 0.3 is 0 Å². The lowest BCUT2D eigenvalue weighted by Crippen LogP contribution is -2.33. The number of hydrogen-bond acceptors (Lipinski definition) is 2. The van der Waals surface area contributed by atoms with Crippen LogP contribution in [-0.4, -0.2) is 30.0 Å². The number of hydrogen-bond donors (Lipinski definition) is 1. The molecule has 1 atom stereocenters. The number of aryl methyl sites for hydroxylation is 1. The van der Waals surface area contributed by atoms with Gasteiger partial charge in [0.15, 0.2) is 0 Å². The number of rotatable bonds is 5. The van der Waals surface area contributed by atoms with Gasteiger partial charge in [-0.25, -0.2) is 8.42 Å². The highest BCUT2D eigenvalue weighted by Crippen LogP contribution is 2.33. The summed E-state index contributed by atoms with van der Waals surface area (Å²) >= 11 is 0. The molecule has 2 aromatic rings. The van der Waals surface area contributed by atoms with Crippen molar-refractivity contribution in [1.82, 2.24) is 9.29 Å². The van der Waals surface area contributed by atoms with Crippen molar-refractivity contribution in [2.75, 3.05) is 12.3 Å². The number of H-pyrrole nitrogens is 1. The minimum absolute atomic E-state index is 0.0271. The van der Waals surface area contributed by atoms with Crippen molar-refractivity contribution in [3.05, 3.63) is 59.9 Å². The highest BCUT2D eigenvalue weighted by atomic mass is 32.2. The third-order valence-electron chi connectivity index (χ3n) is 4.03. The van der Waals surface area contributed by atoms with Crippen molar-refractivity contribution < 1.29 is 8.42 Å². The Balaban J connectivity index is 1.72. The van der Waals surface area contributed by atoms with E-state index in [-0.39, 0.29) is 11.8 Å². The zero-order valence-electron chi connectivity index (χ0n) is 11.9. The molecule has 1 aliphatic rings. The molecule has 5 heteroatoms. The molecule has 4 nitrogen and oxygen atoms in total. The average molecular weight is 304 g/mol. The first-order valence-electron chi connectivity index (χ1n) is 7.33. The van der Waals surface area contributed by atoms with Gasteiger partial charge in [0.2, 0.25) is 10.0 Å². The Labute approximate surface area is 125 Å². The summed E-state index contributed by atoms with van der Waals surface area (Å²) in [4.78, 5) is 3.15. The fourth-order valence-corrected chi connectivity index (χ4v) is 4.69. The smallest absolute Gasteiger partial charge is 0.215 e. The second kappa shape index (κ2) is 6.03. The van der Waals surface area contributed by atoms with Crippen LogP contribution in [0.2, 0.25) is 0 Å². The van der Waals surface area contributed by atoms with Gasteiger partial charge in [-0.2, -0.15) is 4.31 Å². The topological polar surface area (TPSA) is 53.2 Å². The zero-order chi connectivity index (χ0) is 14.7.